The summed E-state index contributed by atoms with van der Waals surface area (Å²) in [6.07, 6.45) is 5.03. The summed E-state index contributed by atoms with van der Waals surface area (Å²) < 4.78 is 15.6. The molecule has 0 saturated carbocycles. The zero-order valence-corrected chi connectivity index (χ0v) is 19.9. The van der Waals surface area contributed by atoms with Gasteiger partial charge in [0.1, 0.15) is 23.2 Å². The third kappa shape index (κ3) is 5.85. The lowest BCUT2D eigenvalue weighted by atomic mass is 9.94. The Balaban J connectivity index is 1.64. The number of rotatable bonds is 8. The van der Waals surface area contributed by atoms with Gasteiger partial charge in [0, 0.05) is 12.1 Å². The molecular formula is C26H30ClFN6. The smallest absolute Gasteiger partial charge is 0.194 e. The van der Waals surface area contributed by atoms with Crippen LogP contribution in [0.3, 0.4) is 0 Å². The molecular weight excluding hydrogens is 451 g/mol. The van der Waals surface area contributed by atoms with E-state index < -0.39 is 0 Å². The number of aliphatic imine (C=N–C) groups is 1. The van der Waals surface area contributed by atoms with E-state index in [4.69, 9.17) is 22.3 Å². The van der Waals surface area contributed by atoms with E-state index in [0.29, 0.717) is 16.6 Å². The first-order valence-corrected chi connectivity index (χ1v) is 11.9. The summed E-state index contributed by atoms with van der Waals surface area (Å²) in [5.41, 5.74) is 8.50. The van der Waals surface area contributed by atoms with Gasteiger partial charge in [-0.2, -0.15) is 0 Å². The van der Waals surface area contributed by atoms with Gasteiger partial charge in [-0.25, -0.2) is 14.4 Å². The first kappa shape index (κ1) is 24.0. The SMILES string of the molecule is C=Cc1nc(-c2ccccc2Cl)n(CCC2CCNCC2)c1NC(N)=NCc1cccc(F)c1. The number of aromatic nitrogens is 2. The van der Waals surface area contributed by atoms with Crippen LogP contribution in [0.4, 0.5) is 10.2 Å². The van der Waals surface area contributed by atoms with E-state index in [2.05, 4.69) is 26.8 Å². The molecule has 1 aromatic heterocycles. The van der Waals surface area contributed by atoms with Gasteiger partial charge in [-0.3, -0.25) is 0 Å². The van der Waals surface area contributed by atoms with Crippen LogP contribution >= 0.6 is 11.6 Å². The number of halogens is 2. The first-order valence-electron chi connectivity index (χ1n) is 11.5. The van der Waals surface area contributed by atoms with Crippen molar-refractivity contribution in [2.24, 2.45) is 16.6 Å². The number of anilines is 1. The maximum absolute atomic E-state index is 13.5. The number of piperidine rings is 1. The first-order chi connectivity index (χ1) is 16.5. The number of imidazole rings is 1. The van der Waals surface area contributed by atoms with Crippen molar-refractivity contribution in [2.45, 2.75) is 32.4 Å². The zero-order valence-electron chi connectivity index (χ0n) is 19.1. The van der Waals surface area contributed by atoms with E-state index in [1.165, 1.54) is 12.1 Å². The van der Waals surface area contributed by atoms with Crippen molar-refractivity contribution in [2.75, 3.05) is 18.4 Å². The monoisotopic (exact) mass is 480 g/mol. The number of guanidine groups is 1. The summed E-state index contributed by atoms with van der Waals surface area (Å²) in [6.45, 7) is 7.06. The normalized spacial score (nSPS) is 14.8. The average molecular weight is 481 g/mol. The topological polar surface area (TPSA) is 80.3 Å². The van der Waals surface area contributed by atoms with Crippen LogP contribution < -0.4 is 16.4 Å². The molecule has 1 aliphatic heterocycles. The van der Waals surface area contributed by atoms with E-state index in [9.17, 15) is 4.39 Å². The lowest BCUT2D eigenvalue weighted by molar-refractivity contribution is 0.339. The van der Waals surface area contributed by atoms with Crippen LogP contribution in [0.2, 0.25) is 5.02 Å². The summed E-state index contributed by atoms with van der Waals surface area (Å²) in [5, 5.41) is 7.27. The Bertz CT molecular complexity index is 1170. The van der Waals surface area contributed by atoms with Gasteiger partial charge < -0.3 is 20.9 Å². The molecule has 4 N–H and O–H groups in total. The predicted molar refractivity (Wildman–Crippen MR) is 138 cm³/mol. The minimum absolute atomic E-state index is 0.223. The Labute approximate surface area is 204 Å². The van der Waals surface area contributed by atoms with E-state index in [1.807, 2.05) is 30.3 Å². The largest absolute Gasteiger partial charge is 0.370 e. The van der Waals surface area contributed by atoms with Crippen LogP contribution in [-0.4, -0.2) is 28.6 Å². The molecule has 8 heteroatoms. The summed E-state index contributed by atoms with van der Waals surface area (Å²) in [5.74, 6) is 2.05. The third-order valence-electron chi connectivity index (χ3n) is 6.09. The molecule has 1 saturated heterocycles. The molecule has 2 heterocycles. The van der Waals surface area contributed by atoms with Gasteiger partial charge in [0.05, 0.1) is 11.6 Å². The highest BCUT2D eigenvalue weighted by Crippen LogP contribution is 2.32. The van der Waals surface area contributed by atoms with Crippen LogP contribution in [0.1, 0.15) is 30.5 Å². The highest BCUT2D eigenvalue weighted by molar-refractivity contribution is 6.33. The fourth-order valence-electron chi connectivity index (χ4n) is 4.27. The highest BCUT2D eigenvalue weighted by Gasteiger charge is 2.21. The maximum Gasteiger partial charge on any atom is 0.194 e. The second-order valence-corrected chi connectivity index (χ2v) is 8.85. The quantitative estimate of drug-likeness (QED) is 0.302. The Morgan fingerprint density at radius 2 is 2.06 bits per heavy atom. The van der Waals surface area contributed by atoms with Gasteiger partial charge in [-0.05, 0) is 74.2 Å². The molecule has 0 radical (unpaired) electrons. The van der Waals surface area contributed by atoms with Crippen molar-refractivity contribution in [3.63, 3.8) is 0 Å². The van der Waals surface area contributed by atoms with Gasteiger partial charge >= 0.3 is 0 Å². The Morgan fingerprint density at radius 1 is 1.26 bits per heavy atom. The van der Waals surface area contributed by atoms with Crippen molar-refractivity contribution in [1.29, 1.82) is 0 Å². The molecule has 34 heavy (non-hydrogen) atoms. The minimum Gasteiger partial charge on any atom is -0.370 e. The molecule has 6 nitrogen and oxygen atoms in total. The lowest BCUT2D eigenvalue weighted by Crippen LogP contribution is -2.29. The van der Waals surface area contributed by atoms with Gasteiger partial charge in [0.15, 0.2) is 5.96 Å². The molecule has 4 rings (SSSR count). The number of nitrogens with zero attached hydrogens (tertiary/aromatic N) is 3. The molecule has 3 aromatic rings. The Hall–Kier alpha value is -3.16. The van der Waals surface area contributed by atoms with Crippen molar-refractivity contribution >= 4 is 29.5 Å². The van der Waals surface area contributed by atoms with Crippen molar-refractivity contribution < 1.29 is 4.39 Å². The summed E-state index contributed by atoms with van der Waals surface area (Å²) >= 11 is 6.53. The van der Waals surface area contributed by atoms with Crippen molar-refractivity contribution in [1.82, 2.24) is 14.9 Å². The molecule has 178 valence electrons. The van der Waals surface area contributed by atoms with Crippen LogP contribution in [0.5, 0.6) is 0 Å². The predicted octanol–water partition coefficient (Wildman–Crippen LogP) is 5.30. The molecule has 0 aliphatic carbocycles. The van der Waals surface area contributed by atoms with Crippen LogP contribution in [0.25, 0.3) is 17.5 Å². The second kappa shape index (κ2) is 11.3. The van der Waals surface area contributed by atoms with Crippen molar-refractivity contribution in [3.8, 4) is 11.4 Å². The number of benzene rings is 2. The van der Waals surface area contributed by atoms with E-state index in [0.717, 1.165) is 61.7 Å². The number of hydrogen-bond acceptors (Lipinski definition) is 3. The third-order valence-corrected chi connectivity index (χ3v) is 6.42. The van der Waals surface area contributed by atoms with Gasteiger partial charge in [0.25, 0.3) is 0 Å². The van der Waals surface area contributed by atoms with Crippen LogP contribution in [0.15, 0.2) is 60.1 Å². The molecule has 1 aliphatic rings. The van der Waals surface area contributed by atoms with Crippen LogP contribution in [0, 0.1) is 11.7 Å². The van der Waals surface area contributed by atoms with Gasteiger partial charge in [-0.15, -0.1) is 0 Å². The highest BCUT2D eigenvalue weighted by atomic mass is 35.5. The molecule has 2 aromatic carbocycles. The Morgan fingerprint density at radius 3 is 2.79 bits per heavy atom. The molecule has 0 bridgehead atoms. The zero-order chi connectivity index (χ0) is 23.9. The van der Waals surface area contributed by atoms with E-state index in [-0.39, 0.29) is 18.3 Å². The van der Waals surface area contributed by atoms with E-state index in [1.54, 1.807) is 12.1 Å². The maximum atomic E-state index is 13.5. The second-order valence-electron chi connectivity index (χ2n) is 8.44. The van der Waals surface area contributed by atoms with Gasteiger partial charge in [0.2, 0.25) is 0 Å². The molecule has 0 amide bonds. The number of hydrogen-bond donors (Lipinski definition) is 3. The Kier molecular flexibility index (Phi) is 7.98. The lowest BCUT2D eigenvalue weighted by Gasteiger charge is -2.23. The van der Waals surface area contributed by atoms with Crippen molar-refractivity contribution in [3.05, 3.63) is 77.2 Å². The molecule has 0 atom stereocenters. The average Bonchev–Trinajstić information content (AvgIpc) is 3.19. The molecule has 1 fully saturated rings. The fourth-order valence-corrected chi connectivity index (χ4v) is 4.49. The van der Waals surface area contributed by atoms with E-state index >= 15 is 0 Å². The summed E-state index contributed by atoms with van der Waals surface area (Å²) in [4.78, 5) is 9.24. The molecule has 0 spiro atoms. The molecule has 0 unspecified atom stereocenters. The van der Waals surface area contributed by atoms with Gasteiger partial charge in [-0.1, -0.05) is 42.4 Å². The fraction of sp³-hybridized carbons (Fsp3) is 0.308. The van der Waals surface area contributed by atoms with Crippen LogP contribution in [-0.2, 0) is 13.1 Å². The summed E-state index contributed by atoms with van der Waals surface area (Å²) in [6, 6.07) is 14.0. The standard InChI is InChI=1S/C26H30ClFN6/c1-2-23-25(33-26(29)31-17-19-6-5-7-20(28)16-19)34(15-12-18-10-13-30-14-11-18)24(32-23)21-8-3-4-9-22(21)27/h2-9,16,18,30H,1,10-15,17H2,(H3,29,31,33). The summed E-state index contributed by atoms with van der Waals surface area (Å²) in [7, 11) is 0. The number of nitrogens with two attached hydrogens (primary N) is 1. The number of nitrogens with one attached hydrogen (secondary N) is 2. The minimum atomic E-state index is -0.298.